The van der Waals surface area contributed by atoms with Gasteiger partial charge in [-0.2, -0.15) is 0 Å². The van der Waals surface area contributed by atoms with Gasteiger partial charge in [0.2, 0.25) is 5.95 Å². The largest absolute Gasteiger partial charge is 0.507 e. The molecule has 170 valence electrons. The van der Waals surface area contributed by atoms with Crippen molar-refractivity contribution in [3.8, 4) is 11.5 Å². The molecule has 0 saturated carbocycles. The first-order valence-corrected chi connectivity index (χ1v) is 10.4. The second-order valence-corrected chi connectivity index (χ2v) is 7.62. The summed E-state index contributed by atoms with van der Waals surface area (Å²) in [6, 6.07) is 14.4. The van der Waals surface area contributed by atoms with Crippen LogP contribution in [-0.4, -0.2) is 46.0 Å². The summed E-state index contributed by atoms with van der Waals surface area (Å²) in [4.78, 5) is 39.3. The van der Waals surface area contributed by atoms with Crippen molar-refractivity contribution in [2.24, 2.45) is 0 Å². The molecule has 9 heteroatoms. The van der Waals surface area contributed by atoms with Gasteiger partial charge in [-0.05, 0) is 42.0 Å². The maximum absolute atomic E-state index is 13.3. The van der Waals surface area contributed by atoms with Crippen LogP contribution in [0.5, 0.6) is 11.5 Å². The fourth-order valence-electron chi connectivity index (χ4n) is 4.03. The number of pyridine rings is 1. The van der Waals surface area contributed by atoms with E-state index in [2.05, 4.69) is 15.0 Å². The summed E-state index contributed by atoms with van der Waals surface area (Å²) in [5.41, 5.74) is 2.17. The Hall–Kier alpha value is -4.66. The molecule has 2 aromatic heterocycles. The van der Waals surface area contributed by atoms with E-state index in [-0.39, 0.29) is 17.3 Å². The number of methoxy groups -OCH3 is 2. The van der Waals surface area contributed by atoms with Crippen LogP contribution in [0.4, 0.5) is 5.95 Å². The zero-order valence-corrected chi connectivity index (χ0v) is 18.4. The number of aliphatic hydroxyl groups is 1. The molecule has 1 aliphatic rings. The van der Waals surface area contributed by atoms with Gasteiger partial charge in [-0.1, -0.05) is 12.1 Å². The summed E-state index contributed by atoms with van der Waals surface area (Å²) >= 11 is 0. The molecule has 34 heavy (non-hydrogen) atoms. The van der Waals surface area contributed by atoms with E-state index in [0.29, 0.717) is 33.7 Å². The van der Waals surface area contributed by atoms with Crippen LogP contribution in [0.25, 0.3) is 16.8 Å². The summed E-state index contributed by atoms with van der Waals surface area (Å²) in [6.45, 7) is 0. The fourth-order valence-corrected chi connectivity index (χ4v) is 4.03. The monoisotopic (exact) mass is 456 g/mol. The number of ether oxygens (including phenoxy) is 2. The summed E-state index contributed by atoms with van der Waals surface area (Å²) in [5.74, 6) is -0.489. The third-order valence-corrected chi connectivity index (χ3v) is 5.73. The number of Topliss-reactive ketones (excluding diaryl/α,β-unsaturated/α-hetero) is 1. The lowest BCUT2D eigenvalue weighted by Crippen LogP contribution is -2.30. The van der Waals surface area contributed by atoms with Gasteiger partial charge in [0.25, 0.3) is 5.78 Å². The van der Waals surface area contributed by atoms with E-state index in [1.54, 1.807) is 68.8 Å². The second-order valence-electron chi connectivity index (χ2n) is 7.62. The molecule has 5 rings (SSSR count). The number of amides is 1. The van der Waals surface area contributed by atoms with Crippen molar-refractivity contribution < 1.29 is 24.2 Å². The SMILES string of the molecule is COc1ccc(C2/C(=C(\O)c3ccncc3)C(=O)C(=O)N2c2nc3ccc(OC)cc3[nH]2)cc1. The van der Waals surface area contributed by atoms with Crippen molar-refractivity contribution in [3.05, 3.63) is 83.7 Å². The van der Waals surface area contributed by atoms with Crippen molar-refractivity contribution in [2.45, 2.75) is 6.04 Å². The first-order chi connectivity index (χ1) is 16.5. The lowest BCUT2D eigenvalue weighted by Gasteiger charge is -2.23. The molecule has 1 fully saturated rings. The van der Waals surface area contributed by atoms with E-state index < -0.39 is 17.7 Å². The Balaban J connectivity index is 1.71. The van der Waals surface area contributed by atoms with E-state index in [1.807, 2.05) is 0 Å². The number of nitrogens with zero attached hydrogens (tertiary/aromatic N) is 3. The van der Waals surface area contributed by atoms with Gasteiger partial charge in [0.15, 0.2) is 0 Å². The number of hydrogen-bond donors (Lipinski definition) is 2. The van der Waals surface area contributed by atoms with Gasteiger partial charge in [-0.25, -0.2) is 4.98 Å². The predicted molar refractivity (Wildman–Crippen MR) is 125 cm³/mol. The number of rotatable bonds is 5. The van der Waals surface area contributed by atoms with Crippen molar-refractivity contribution in [3.63, 3.8) is 0 Å². The van der Waals surface area contributed by atoms with Crippen LogP contribution in [-0.2, 0) is 9.59 Å². The average Bonchev–Trinajstić information content (AvgIpc) is 3.41. The molecular weight excluding hydrogens is 436 g/mol. The predicted octanol–water partition coefficient (Wildman–Crippen LogP) is 3.60. The average molecular weight is 456 g/mol. The number of nitrogens with one attached hydrogen (secondary N) is 1. The molecule has 1 atom stereocenters. The Labute approximate surface area is 194 Å². The number of imidazole rings is 1. The van der Waals surface area contributed by atoms with Crippen LogP contribution in [0.3, 0.4) is 0 Å². The smallest absolute Gasteiger partial charge is 0.302 e. The number of benzene rings is 2. The number of fused-ring (bicyclic) bond motifs is 1. The number of aliphatic hydroxyl groups excluding tert-OH is 1. The van der Waals surface area contributed by atoms with Crippen molar-refractivity contribution in [2.75, 3.05) is 19.1 Å². The Bertz CT molecular complexity index is 1430. The van der Waals surface area contributed by atoms with Gasteiger partial charge in [0, 0.05) is 24.0 Å². The molecule has 0 aliphatic carbocycles. The normalized spacial score (nSPS) is 17.4. The van der Waals surface area contributed by atoms with Gasteiger partial charge in [-0.15, -0.1) is 0 Å². The molecule has 2 N–H and O–H groups in total. The maximum atomic E-state index is 13.3. The van der Waals surface area contributed by atoms with Crippen LogP contribution in [0.1, 0.15) is 17.2 Å². The molecule has 2 aromatic carbocycles. The van der Waals surface area contributed by atoms with E-state index in [1.165, 1.54) is 17.3 Å². The van der Waals surface area contributed by atoms with Gasteiger partial charge in [-0.3, -0.25) is 19.5 Å². The molecule has 1 saturated heterocycles. The van der Waals surface area contributed by atoms with Gasteiger partial charge in [0.1, 0.15) is 17.3 Å². The van der Waals surface area contributed by atoms with E-state index >= 15 is 0 Å². The third-order valence-electron chi connectivity index (χ3n) is 5.73. The molecule has 0 spiro atoms. The van der Waals surface area contributed by atoms with Gasteiger partial charge >= 0.3 is 5.91 Å². The number of aromatic nitrogens is 3. The van der Waals surface area contributed by atoms with Crippen LogP contribution in [0, 0.1) is 0 Å². The van der Waals surface area contributed by atoms with Crippen LogP contribution < -0.4 is 14.4 Å². The number of ketones is 1. The number of hydrogen-bond acceptors (Lipinski definition) is 7. The Morgan fingerprint density at radius 2 is 1.65 bits per heavy atom. The molecule has 0 bridgehead atoms. The Morgan fingerprint density at radius 3 is 2.32 bits per heavy atom. The molecule has 1 aliphatic heterocycles. The maximum Gasteiger partial charge on any atom is 0.302 e. The molecular formula is C25H20N4O5. The number of carbonyl (C=O) groups excluding carboxylic acids is 2. The lowest BCUT2D eigenvalue weighted by molar-refractivity contribution is -0.132. The fraction of sp³-hybridized carbons (Fsp3) is 0.120. The molecule has 3 heterocycles. The molecule has 1 unspecified atom stereocenters. The first kappa shape index (κ1) is 21.2. The van der Waals surface area contributed by atoms with Crippen molar-refractivity contribution in [1.82, 2.24) is 15.0 Å². The Kier molecular flexibility index (Phi) is 5.21. The minimum absolute atomic E-state index is 0.0422. The molecule has 1 amide bonds. The lowest BCUT2D eigenvalue weighted by atomic mass is 9.95. The number of aromatic amines is 1. The highest BCUT2D eigenvalue weighted by Crippen LogP contribution is 2.42. The zero-order valence-electron chi connectivity index (χ0n) is 18.4. The first-order valence-electron chi connectivity index (χ1n) is 10.4. The van der Waals surface area contributed by atoms with Gasteiger partial charge in [0.05, 0.1) is 36.9 Å². The van der Waals surface area contributed by atoms with Crippen LogP contribution in [0.2, 0.25) is 0 Å². The van der Waals surface area contributed by atoms with E-state index in [0.717, 1.165) is 0 Å². The van der Waals surface area contributed by atoms with Crippen LogP contribution in [0.15, 0.2) is 72.6 Å². The highest BCUT2D eigenvalue weighted by Gasteiger charge is 2.48. The standard InChI is InChI=1S/C25H20N4O5/c1-33-16-5-3-14(4-6-16)21-20(22(30)15-9-11-26-12-10-15)23(31)24(32)29(21)25-27-18-8-7-17(34-2)13-19(18)28-25/h3-13,21,30H,1-2H3,(H,27,28)/b22-20+. The van der Waals surface area contributed by atoms with E-state index in [9.17, 15) is 14.7 Å². The topological polar surface area (TPSA) is 118 Å². The minimum Gasteiger partial charge on any atom is -0.507 e. The van der Waals surface area contributed by atoms with Gasteiger partial charge < -0.3 is 19.6 Å². The Morgan fingerprint density at radius 1 is 0.971 bits per heavy atom. The quantitative estimate of drug-likeness (QED) is 0.268. The highest BCUT2D eigenvalue weighted by atomic mass is 16.5. The zero-order chi connectivity index (χ0) is 23.8. The van der Waals surface area contributed by atoms with Crippen molar-refractivity contribution >= 4 is 34.4 Å². The summed E-state index contributed by atoms with van der Waals surface area (Å²) in [6.07, 6.45) is 3.00. The highest BCUT2D eigenvalue weighted by molar-refractivity contribution is 6.51. The number of anilines is 1. The van der Waals surface area contributed by atoms with Crippen LogP contribution >= 0.6 is 0 Å². The number of H-pyrrole nitrogens is 1. The van der Waals surface area contributed by atoms with Crippen molar-refractivity contribution in [1.29, 1.82) is 0 Å². The molecule has 0 radical (unpaired) electrons. The minimum atomic E-state index is -0.915. The summed E-state index contributed by atoms with van der Waals surface area (Å²) in [7, 11) is 3.10. The molecule has 9 nitrogen and oxygen atoms in total. The molecule has 4 aromatic rings. The second kappa shape index (κ2) is 8.36. The third kappa shape index (κ3) is 3.43. The summed E-state index contributed by atoms with van der Waals surface area (Å²) < 4.78 is 10.5. The number of carbonyl (C=O) groups is 2. The summed E-state index contributed by atoms with van der Waals surface area (Å²) in [5, 5.41) is 11.1. The van der Waals surface area contributed by atoms with E-state index in [4.69, 9.17) is 9.47 Å².